The third-order valence-corrected chi connectivity index (χ3v) is 5.07. The van der Waals surface area contributed by atoms with Gasteiger partial charge in [-0.3, -0.25) is 9.59 Å². The van der Waals surface area contributed by atoms with E-state index in [-0.39, 0.29) is 23.8 Å². The van der Waals surface area contributed by atoms with Crippen molar-refractivity contribution in [1.82, 2.24) is 10.2 Å². The van der Waals surface area contributed by atoms with Crippen LogP contribution in [0.5, 0.6) is 0 Å². The van der Waals surface area contributed by atoms with Crippen molar-refractivity contribution >= 4 is 11.8 Å². The Kier molecular flexibility index (Phi) is 4.78. The van der Waals surface area contributed by atoms with Crippen molar-refractivity contribution in [2.45, 2.75) is 63.5 Å². The third-order valence-electron chi connectivity index (χ3n) is 5.07. The lowest BCUT2D eigenvalue weighted by atomic mass is 9.94. The van der Waals surface area contributed by atoms with Crippen LogP contribution in [0.2, 0.25) is 0 Å². The van der Waals surface area contributed by atoms with Crippen molar-refractivity contribution in [3.05, 3.63) is 0 Å². The molecule has 2 amide bonds. The van der Waals surface area contributed by atoms with Crippen LogP contribution in [0.25, 0.3) is 0 Å². The minimum atomic E-state index is -0.166. The second-order valence-electron chi connectivity index (χ2n) is 6.62. The van der Waals surface area contributed by atoms with E-state index < -0.39 is 0 Å². The lowest BCUT2D eigenvalue weighted by Gasteiger charge is -2.31. The first-order valence-electron chi connectivity index (χ1n) is 8.43. The van der Waals surface area contributed by atoms with Gasteiger partial charge in [0.15, 0.2) is 0 Å². The van der Waals surface area contributed by atoms with Gasteiger partial charge in [-0.1, -0.05) is 19.3 Å². The zero-order valence-corrected chi connectivity index (χ0v) is 12.7. The largest absolute Gasteiger partial charge is 0.376 e. The predicted molar refractivity (Wildman–Crippen MR) is 78.7 cm³/mol. The molecule has 3 rings (SSSR count). The first kappa shape index (κ1) is 14.8. The smallest absolute Gasteiger partial charge is 0.225 e. The molecule has 0 radical (unpaired) electrons. The third kappa shape index (κ3) is 3.57. The van der Waals surface area contributed by atoms with Crippen LogP contribution >= 0.6 is 0 Å². The van der Waals surface area contributed by atoms with E-state index in [0.29, 0.717) is 25.6 Å². The first-order valence-corrected chi connectivity index (χ1v) is 8.43. The summed E-state index contributed by atoms with van der Waals surface area (Å²) in [6.07, 6.45) is 8.58. The summed E-state index contributed by atoms with van der Waals surface area (Å²) in [6.45, 7) is 2.01. The Morgan fingerprint density at radius 3 is 2.71 bits per heavy atom. The monoisotopic (exact) mass is 294 g/mol. The Morgan fingerprint density at radius 1 is 1.19 bits per heavy atom. The Balaban J connectivity index is 1.47. The number of nitrogens with one attached hydrogen (secondary N) is 1. The number of nitrogens with zero attached hydrogens (tertiary/aromatic N) is 1. The molecule has 0 bridgehead atoms. The molecule has 2 saturated heterocycles. The zero-order chi connectivity index (χ0) is 14.7. The molecule has 21 heavy (non-hydrogen) atoms. The second-order valence-corrected chi connectivity index (χ2v) is 6.62. The number of ether oxygens (including phenoxy) is 1. The summed E-state index contributed by atoms with van der Waals surface area (Å²) in [6, 6.07) is 0.377. The number of hydrogen-bond acceptors (Lipinski definition) is 3. The van der Waals surface area contributed by atoms with E-state index in [9.17, 15) is 9.59 Å². The molecule has 1 saturated carbocycles. The summed E-state index contributed by atoms with van der Waals surface area (Å²) >= 11 is 0. The maximum atomic E-state index is 12.2. The van der Waals surface area contributed by atoms with Crippen LogP contribution in [0.15, 0.2) is 0 Å². The highest BCUT2D eigenvalue weighted by Gasteiger charge is 2.38. The molecular weight excluding hydrogens is 268 g/mol. The van der Waals surface area contributed by atoms with E-state index in [2.05, 4.69) is 5.32 Å². The van der Waals surface area contributed by atoms with Gasteiger partial charge in [0.25, 0.3) is 0 Å². The Labute approximate surface area is 126 Å². The fourth-order valence-electron chi connectivity index (χ4n) is 3.82. The van der Waals surface area contributed by atoms with Gasteiger partial charge in [0.05, 0.1) is 12.0 Å². The quantitative estimate of drug-likeness (QED) is 0.854. The molecule has 0 aromatic heterocycles. The number of likely N-dealkylation sites (tertiary alicyclic amines) is 1. The van der Waals surface area contributed by atoms with Crippen molar-refractivity contribution in [3.63, 3.8) is 0 Å². The number of rotatable bonds is 4. The second kappa shape index (κ2) is 6.77. The van der Waals surface area contributed by atoms with E-state index in [4.69, 9.17) is 4.74 Å². The number of hydrogen-bond donors (Lipinski definition) is 1. The van der Waals surface area contributed by atoms with Gasteiger partial charge in [0.1, 0.15) is 0 Å². The van der Waals surface area contributed by atoms with Gasteiger partial charge in [-0.2, -0.15) is 0 Å². The van der Waals surface area contributed by atoms with Gasteiger partial charge >= 0.3 is 0 Å². The van der Waals surface area contributed by atoms with Crippen molar-refractivity contribution in [3.8, 4) is 0 Å². The lowest BCUT2D eigenvalue weighted by Crippen LogP contribution is -2.40. The lowest BCUT2D eigenvalue weighted by molar-refractivity contribution is -0.130. The normalized spacial score (nSPS) is 30.9. The Bertz CT molecular complexity index is 387. The number of carbonyl (C=O) groups excluding carboxylic acids is 2. The van der Waals surface area contributed by atoms with Crippen LogP contribution < -0.4 is 5.32 Å². The van der Waals surface area contributed by atoms with Crippen LogP contribution in [0, 0.1) is 5.92 Å². The van der Waals surface area contributed by atoms with Gasteiger partial charge < -0.3 is 15.0 Å². The predicted octanol–water partition coefficient (Wildman–Crippen LogP) is 1.46. The molecule has 0 aromatic carbocycles. The molecule has 2 atom stereocenters. The van der Waals surface area contributed by atoms with Crippen molar-refractivity contribution in [1.29, 1.82) is 0 Å². The zero-order valence-electron chi connectivity index (χ0n) is 12.7. The molecule has 1 aliphatic carbocycles. The van der Waals surface area contributed by atoms with E-state index in [1.807, 2.05) is 4.90 Å². The van der Waals surface area contributed by atoms with Crippen LogP contribution in [-0.2, 0) is 14.3 Å². The highest BCUT2D eigenvalue weighted by molar-refractivity contribution is 5.89. The molecule has 1 N–H and O–H groups in total. The molecular formula is C16H26N2O3. The van der Waals surface area contributed by atoms with Crippen LogP contribution in [0.4, 0.5) is 0 Å². The highest BCUT2D eigenvalue weighted by atomic mass is 16.5. The molecule has 118 valence electrons. The summed E-state index contributed by atoms with van der Waals surface area (Å²) in [5.41, 5.74) is 0. The summed E-state index contributed by atoms with van der Waals surface area (Å²) in [5.74, 6) is 0.0251. The summed E-state index contributed by atoms with van der Waals surface area (Å²) < 4.78 is 5.51. The minimum Gasteiger partial charge on any atom is -0.376 e. The molecule has 2 aliphatic heterocycles. The molecule has 0 spiro atoms. The molecule has 5 nitrogen and oxygen atoms in total. The van der Waals surface area contributed by atoms with E-state index in [1.165, 1.54) is 19.3 Å². The standard InChI is InChI=1S/C16H26N2O3/c19-15-9-12(11-18(15)13-5-2-1-3-6-13)16(20)17-10-14-7-4-8-21-14/h12-14H,1-11H2,(H,17,20). The molecule has 2 heterocycles. The van der Waals surface area contributed by atoms with Crippen LogP contribution in [0.3, 0.4) is 0 Å². The Hall–Kier alpha value is -1.10. The average molecular weight is 294 g/mol. The highest BCUT2D eigenvalue weighted by Crippen LogP contribution is 2.28. The molecule has 3 aliphatic rings. The summed E-state index contributed by atoms with van der Waals surface area (Å²) in [7, 11) is 0. The van der Waals surface area contributed by atoms with Gasteiger partial charge in [-0.05, 0) is 25.7 Å². The number of carbonyl (C=O) groups is 2. The fourth-order valence-corrected chi connectivity index (χ4v) is 3.82. The van der Waals surface area contributed by atoms with Gasteiger partial charge in [-0.25, -0.2) is 0 Å². The van der Waals surface area contributed by atoms with E-state index >= 15 is 0 Å². The molecule has 0 aromatic rings. The van der Waals surface area contributed by atoms with Gasteiger partial charge in [0, 0.05) is 32.2 Å². The van der Waals surface area contributed by atoms with Crippen LogP contribution in [-0.4, -0.2) is 48.6 Å². The van der Waals surface area contributed by atoms with E-state index in [1.54, 1.807) is 0 Å². The minimum absolute atomic E-state index is 0.0251. The van der Waals surface area contributed by atoms with E-state index in [0.717, 1.165) is 32.3 Å². The Morgan fingerprint density at radius 2 is 2.00 bits per heavy atom. The molecule has 2 unspecified atom stereocenters. The summed E-state index contributed by atoms with van der Waals surface area (Å²) in [4.78, 5) is 26.4. The summed E-state index contributed by atoms with van der Waals surface area (Å²) in [5, 5.41) is 2.97. The maximum absolute atomic E-state index is 12.2. The van der Waals surface area contributed by atoms with Crippen LogP contribution in [0.1, 0.15) is 51.4 Å². The van der Waals surface area contributed by atoms with Crippen molar-refractivity contribution in [2.24, 2.45) is 5.92 Å². The van der Waals surface area contributed by atoms with Gasteiger partial charge in [0.2, 0.25) is 11.8 Å². The van der Waals surface area contributed by atoms with Gasteiger partial charge in [-0.15, -0.1) is 0 Å². The van der Waals surface area contributed by atoms with Crippen molar-refractivity contribution < 1.29 is 14.3 Å². The maximum Gasteiger partial charge on any atom is 0.225 e. The fraction of sp³-hybridized carbons (Fsp3) is 0.875. The molecule has 3 fully saturated rings. The molecule has 5 heteroatoms. The topological polar surface area (TPSA) is 58.6 Å². The average Bonchev–Trinajstić information content (AvgIpc) is 3.15. The number of amides is 2. The van der Waals surface area contributed by atoms with Crippen molar-refractivity contribution in [2.75, 3.05) is 19.7 Å². The SMILES string of the molecule is O=C(NCC1CCCO1)C1CC(=O)N(C2CCCCC2)C1. The first-order chi connectivity index (χ1) is 10.2.